The third kappa shape index (κ3) is 3.60. The van der Waals surface area contributed by atoms with Crippen molar-refractivity contribution in [1.29, 1.82) is 0 Å². The van der Waals surface area contributed by atoms with E-state index in [0.29, 0.717) is 18.5 Å². The van der Waals surface area contributed by atoms with E-state index in [-0.39, 0.29) is 18.6 Å². The topological polar surface area (TPSA) is 53.4 Å². The van der Waals surface area contributed by atoms with Gasteiger partial charge < -0.3 is 10.0 Å². The highest BCUT2D eigenvalue weighted by Crippen LogP contribution is 2.28. The Hall–Kier alpha value is -2.72. The number of nitrogens with zero attached hydrogens (tertiary/aromatic N) is 2. The maximum atomic E-state index is 12.8. The van der Waals surface area contributed by atoms with Gasteiger partial charge in [-0.3, -0.25) is 9.78 Å². The number of hydrogen-bond donors (Lipinski definition) is 1. The van der Waals surface area contributed by atoms with Gasteiger partial charge in [0, 0.05) is 48.1 Å². The smallest absolute Gasteiger partial charge is 0.254 e. The van der Waals surface area contributed by atoms with E-state index in [1.54, 1.807) is 4.90 Å². The molecule has 134 valence electrons. The van der Waals surface area contributed by atoms with Gasteiger partial charge in [-0.2, -0.15) is 0 Å². The summed E-state index contributed by atoms with van der Waals surface area (Å²) >= 11 is 0. The zero-order chi connectivity index (χ0) is 18.5. The molecule has 1 heterocycles. The molecule has 0 aliphatic carbocycles. The number of fused-ring (bicyclic) bond motifs is 1. The molecule has 1 aromatic heterocycles. The van der Waals surface area contributed by atoms with Crippen molar-refractivity contribution in [3.8, 4) is 11.1 Å². The Labute approximate surface area is 154 Å². The fraction of sp³-hybridized carbons (Fsp3) is 0.273. The van der Waals surface area contributed by atoms with Crippen LogP contribution < -0.4 is 0 Å². The molecule has 0 saturated carbocycles. The summed E-state index contributed by atoms with van der Waals surface area (Å²) in [6, 6.07) is 15.9. The van der Waals surface area contributed by atoms with Gasteiger partial charge in [-0.1, -0.05) is 36.4 Å². The number of aliphatic hydroxyl groups excluding tert-OH is 1. The van der Waals surface area contributed by atoms with E-state index in [1.807, 2.05) is 68.7 Å². The average Bonchev–Trinajstić information content (AvgIpc) is 2.68. The first-order valence-electron chi connectivity index (χ1n) is 9.00. The fourth-order valence-corrected chi connectivity index (χ4v) is 3.30. The number of hydrogen-bond acceptors (Lipinski definition) is 3. The first-order chi connectivity index (χ1) is 12.7. The Bertz CT molecular complexity index is 885. The molecule has 3 aromatic rings. The van der Waals surface area contributed by atoms with Gasteiger partial charge in [0.2, 0.25) is 0 Å². The van der Waals surface area contributed by atoms with Crippen LogP contribution in [0.5, 0.6) is 0 Å². The number of aliphatic hydroxyl groups is 1. The van der Waals surface area contributed by atoms with Gasteiger partial charge in [0.25, 0.3) is 5.91 Å². The summed E-state index contributed by atoms with van der Waals surface area (Å²) in [6.07, 6.45) is 4.30. The largest absolute Gasteiger partial charge is 0.396 e. The van der Waals surface area contributed by atoms with Crippen LogP contribution in [-0.2, 0) is 0 Å². The van der Waals surface area contributed by atoms with Gasteiger partial charge in [0.05, 0.1) is 0 Å². The monoisotopic (exact) mass is 348 g/mol. The highest BCUT2D eigenvalue weighted by Gasteiger charge is 2.19. The second-order valence-corrected chi connectivity index (χ2v) is 6.44. The number of rotatable bonds is 6. The lowest BCUT2D eigenvalue weighted by atomic mass is 9.99. The second-order valence-electron chi connectivity index (χ2n) is 6.44. The zero-order valence-corrected chi connectivity index (χ0v) is 15.2. The lowest BCUT2D eigenvalue weighted by molar-refractivity contribution is 0.0679. The summed E-state index contributed by atoms with van der Waals surface area (Å²) in [6.45, 7) is 4.63. The normalized spacial score (nSPS) is 12.1. The number of carbonyl (C=O) groups excluding carboxylic acids is 1. The van der Waals surface area contributed by atoms with Crippen LogP contribution in [0.25, 0.3) is 21.9 Å². The molecule has 0 radical (unpaired) electrons. The van der Waals surface area contributed by atoms with Gasteiger partial charge >= 0.3 is 0 Å². The summed E-state index contributed by atoms with van der Waals surface area (Å²) in [5.41, 5.74) is 2.76. The minimum absolute atomic E-state index is 0.00366. The molecule has 3 rings (SSSR count). The Morgan fingerprint density at radius 1 is 1.12 bits per heavy atom. The van der Waals surface area contributed by atoms with Crippen molar-refractivity contribution in [3.63, 3.8) is 0 Å². The standard InChI is InChI=1S/C22H24N2O2/c1-3-24(16(2)12-13-25)22(26)18-10-8-17(9-11-18)21-15-23-14-19-6-4-5-7-20(19)21/h4-11,14-16,25H,3,12-13H2,1-2H3/t16-/m1/s1. The van der Waals surface area contributed by atoms with E-state index in [4.69, 9.17) is 5.11 Å². The minimum atomic E-state index is -0.00366. The number of benzene rings is 2. The molecule has 0 spiro atoms. The summed E-state index contributed by atoms with van der Waals surface area (Å²) in [5, 5.41) is 11.4. The van der Waals surface area contributed by atoms with Gasteiger partial charge in [-0.15, -0.1) is 0 Å². The molecule has 0 unspecified atom stereocenters. The Morgan fingerprint density at radius 2 is 1.85 bits per heavy atom. The van der Waals surface area contributed by atoms with Crippen molar-refractivity contribution in [2.24, 2.45) is 0 Å². The molecular weight excluding hydrogens is 324 g/mol. The molecule has 0 aliphatic heterocycles. The molecule has 0 aliphatic rings. The molecular formula is C22H24N2O2. The quantitative estimate of drug-likeness (QED) is 0.728. The lowest BCUT2D eigenvalue weighted by Crippen LogP contribution is -2.38. The molecule has 4 heteroatoms. The Morgan fingerprint density at radius 3 is 2.54 bits per heavy atom. The number of amides is 1. The highest BCUT2D eigenvalue weighted by molar-refractivity contribution is 5.98. The number of aromatic nitrogens is 1. The highest BCUT2D eigenvalue weighted by atomic mass is 16.3. The first kappa shape index (κ1) is 18.1. The number of pyridine rings is 1. The summed E-state index contributed by atoms with van der Waals surface area (Å²) in [4.78, 5) is 18.9. The van der Waals surface area contributed by atoms with Crippen LogP contribution in [-0.4, -0.2) is 40.1 Å². The van der Waals surface area contributed by atoms with Gasteiger partial charge in [-0.25, -0.2) is 0 Å². The van der Waals surface area contributed by atoms with Gasteiger partial charge in [0.15, 0.2) is 0 Å². The third-order valence-electron chi connectivity index (χ3n) is 4.79. The SMILES string of the molecule is CCN(C(=O)c1ccc(-c2cncc3ccccc23)cc1)[C@H](C)CCO. The van der Waals surface area contributed by atoms with E-state index in [0.717, 1.165) is 21.9 Å². The average molecular weight is 348 g/mol. The molecule has 2 aromatic carbocycles. The van der Waals surface area contributed by atoms with E-state index in [9.17, 15) is 4.79 Å². The van der Waals surface area contributed by atoms with Gasteiger partial charge in [-0.05, 0) is 43.4 Å². The van der Waals surface area contributed by atoms with E-state index in [2.05, 4.69) is 11.1 Å². The molecule has 1 amide bonds. The molecule has 0 fully saturated rings. The zero-order valence-electron chi connectivity index (χ0n) is 15.2. The van der Waals surface area contributed by atoms with Crippen LogP contribution >= 0.6 is 0 Å². The minimum Gasteiger partial charge on any atom is -0.396 e. The summed E-state index contributed by atoms with van der Waals surface area (Å²) < 4.78 is 0. The van der Waals surface area contributed by atoms with Crippen LogP contribution in [0.3, 0.4) is 0 Å². The van der Waals surface area contributed by atoms with Crippen LogP contribution in [0, 0.1) is 0 Å². The van der Waals surface area contributed by atoms with Crippen molar-refractivity contribution in [3.05, 3.63) is 66.5 Å². The van der Waals surface area contributed by atoms with E-state index < -0.39 is 0 Å². The fourth-order valence-electron chi connectivity index (χ4n) is 3.30. The van der Waals surface area contributed by atoms with Crippen molar-refractivity contribution >= 4 is 16.7 Å². The second kappa shape index (κ2) is 8.11. The summed E-state index contributed by atoms with van der Waals surface area (Å²) in [5.74, 6) is -0.00366. The Balaban J connectivity index is 1.89. The predicted molar refractivity (Wildman–Crippen MR) is 105 cm³/mol. The molecule has 0 saturated heterocycles. The Kier molecular flexibility index (Phi) is 5.64. The van der Waals surface area contributed by atoms with E-state index in [1.165, 1.54) is 0 Å². The maximum Gasteiger partial charge on any atom is 0.254 e. The summed E-state index contributed by atoms with van der Waals surface area (Å²) in [7, 11) is 0. The van der Waals surface area contributed by atoms with Crippen molar-refractivity contribution in [1.82, 2.24) is 9.88 Å². The molecule has 4 nitrogen and oxygen atoms in total. The van der Waals surface area contributed by atoms with Crippen LogP contribution in [0.15, 0.2) is 60.9 Å². The van der Waals surface area contributed by atoms with Crippen LogP contribution in [0.2, 0.25) is 0 Å². The van der Waals surface area contributed by atoms with Crippen molar-refractivity contribution < 1.29 is 9.90 Å². The predicted octanol–water partition coefficient (Wildman–Crippen LogP) is 4.13. The van der Waals surface area contributed by atoms with Crippen molar-refractivity contribution in [2.75, 3.05) is 13.2 Å². The van der Waals surface area contributed by atoms with E-state index >= 15 is 0 Å². The molecule has 26 heavy (non-hydrogen) atoms. The molecule has 1 atom stereocenters. The van der Waals surface area contributed by atoms with Crippen LogP contribution in [0.1, 0.15) is 30.6 Å². The maximum absolute atomic E-state index is 12.8. The molecule has 0 bridgehead atoms. The van der Waals surface area contributed by atoms with Crippen LogP contribution in [0.4, 0.5) is 0 Å². The first-order valence-corrected chi connectivity index (χ1v) is 9.00. The lowest BCUT2D eigenvalue weighted by Gasteiger charge is -2.27. The third-order valence-corrected chi connectivity index (χ3v) is 4.79. The number of carbonyl (C=O) groups is 1. The molecule has 1 N–H and O–H groups in total. The van der Waals surface area contributed by atoms with Gasteiger partial charge in [0.1, 0.15) is 0 Å². The van der Waals surface area contributed by atoms with Crippen molar-refractivity contribution in [2.45, 2.75) is 26.3 Å².